The number of rotatable bonds is 4. The van der Waals surface area contributed by atoms with Crippen molar-refractivity contribution in [3.63, 3.8) is 0 Å². The first kappa shape index (κ1) is 11.2. The number of hydrogen-bond donors (Lipinski definition) is 1. The van der Waals surface area contributed by atoms with E-state index in [1.54, 1.807) is 6.33 Å². The first-order valence-electron chi connectivity index (χ1n) is 4.74. The van der Waals surface area contributed by atoms with E-state index < -0.39 is 0 Å². The lowest BCUT2D eigenvalue weighted by atomic mass is 10.1. The number of nitrogens with zero attached hydrogens (tertiary/aromatic N) is 2. The Hall–Kier alpha value is -0.830. The Morgan fingerprint density at radius 1 is 1.43 bits per heavy atom. The van der Waals surface area contributed by atoms with Gasteiger partial charge in [0.05, 0.1) is 0 Å². The summed E-state index contributed by atoms with van der Waals surface area (Å²) in [7, 11) is 0. The predicted molar refractivity (Wildman–Crippen MR) is 59.7 cm³/mol. The number of nitrogens with one attached hydrogen (secondary N) is 1. The molecular weight excluding hydrogens is 198 g/mol. The largest absolute Gasteiger partial charge is 0.366 e. The minimum atomic E-state index is 0.256. The number of halogens is 1. The van der Waals surface area contributed by atoms with Crippen LogP contribution in [-0.4, -0.2) is 21.9 Å². The molecule has 14 heavy (non-hydrogen) atoms. The number of anilines is 1. The SMILES string of the molecule is Cc1cc(NC(CCl)C(C)C)ncn1. The number of aromatic nitrogens is 2. The zero-order valence-electron chi connectivity index (χ0n) is 8.79. The predicted octanol–water partition coefficient (Wildman–Crippen LogP) is 2.46. The Morgan fingerprint density at radius 2 is 2.14 bits per heavy atom. The van der Waals surface area contributed by atoms with E-state index in [9.17, 15) is 0 Å². The van der Waals surface area contributed by atoms with Gasteiger partial charge in [0, 0.05) is 23.7 Å². The van der Waals surface area contributed by atoms with Crippen LogP contribution in [0.4, 0.5) is 5.82 Å². The van der Waals surface area contributed by atoms with Crippen LogP contribution in [0.3, 0.4) is 0 Å². The molecule has 0 saturated heterocycles. The van der Waals surface area contributed by atoms with E-state index in [1.165, 1.54) is 0 Å². The molecule has 0 fully saturated rings. The fraction of sp³-hybridized carbons (Fsp3) is 0.600. The van der Waals surface area contributed by atoms with Crippen molar-refractivity contribution in [1.82, 2.24) is 9.97 Å². The van der Waals surface area contributed by atoms with Crippen LogP contribution in [0.5, 0.6) is 0 Å². The van der Waals surface area contributed by atoms with E-state index in [2.05, 4.69) is 29.1 Å². The smallest absolute Gasteiger partial charge is 0.129 e. The lowest BCUT2D eigenvalue weighted by Crippen LogP contribution is -2.27. The van der Waals surface area contributed by atoms with E-state index in [0.717, 1.165) is 11.5 Å². The minimum absolute atomic E-state index is 0.256. The van der Waals surface area contributed by atoms with Gasteiger partial charge in [0.15, 0.2) is 0 Å². The summed E-state index contributed by atoms with van der Waals surface area (Å²) in [6, 6.07) is 2.17. The zero-order chi connectivity index (χ0) is 10.6. The second-order valence-electron chi connectivity index (χ2n) is 3.69. The van der Waals surface area contributed by atoms with Gasteiger partial charge < -0.3 is 5.32 Å². The van der Waals surface area contributed by atoms with Crippen molar-refractivity contribution in [2.75, 3.05) is 11.2 Å². The van der Waals surface area contributed by atoms with Crippen LogP contribution in [0.15, 0.2) is 12.4 Å². The molecule has 0 radical (unpaired) electrons. The van der Waals surface area contributed by atoms with Crippen LogP contribution in [0.25, 0.3) is 0 Å². The molecule has 0 aromatic carbocycles. The highest BCUT2D eigenvalue weighted by Crippen LogP contribution is 2.11. The summed E-state index contributed by atoms with van der Waals surface area (Å²) < 4.78 is 0. The van der Waals surface area contributed by atoms with Crippen LogP contribution >= 0.6 is 11.6 Å². The Kier molecular flexibility index (Phi) is 4.14. The third kappa shape index (κ3) is 3.14. The third-order valence-electron chi connectivity index (χ3n) is 2.11. The Balaban J connectivity index is 2.67. The van der Waals surface area contributed by atoms with E-state index in [-0.39, 0.29) is 6.04 Å². The van der Waals surface area contributed by atoms with Crippen molar-refractivity contribution in [1.29, 1.82) is 0 Å². The quantitative estimate of drug-likeness (QED) is 0.781. The molecule has 1 rings (SSSR count). The summed E-state index contributed by atoms with van der Waals surface area (Å²) in [5, 5.41) is 3.29. The molecule has 1 N–H and O–H groups in total. The number of hydrogen-bond acceptors (Lipinski definition) is 3. The Bertz CT molecular complexity index is 288. The van der Waals surface area contributed by atoms with Crippen molar-refractivity contribution in [2.45, 2.75) is 26.8 Å². The van der Waals surface area contributed by atoms with Crippen LogP contribution in [0.2, 0.25) is 0 Å². The summed E-state index contributed by atoms with van der Waals surface area (Å²) in [5.74, 6) is 1.92. The normalized spacial score (nSPS) is 12.9. The molecule has 0 aliphatic rings. The molecule has 1 aromatic rings. The van der Waals surface area contributed by atoms with Gasteiger partial charge in [-0.2, -0.15) is 0 Å². The molecule has 4 heteroatoms. The third-order valence-corrected chi connectivity index (χ3v) is 2.44. The van der Waals surface area contributed by atoms with Crippen LogP contribution in [0, 0.1) is 12.8 Å². The van der Waals surface area contributed by atoms with Gasteiger partial charge in [-0.15, -0.1) is 11.6 Å². The van der Waals surface area contributed by atoms with Gasteiger partial charge in [0.1, 0.15) is 12.1 Å². The van der Waals surface area contributed by atoms with E-state index in [4.69, 9.17) is 11.6 Å². The molecule has 1 atom stereocenters. The second kappa shape index (κ2) is 5.15. The highest BCUT2D eigenvalue weighted by atomic mass is 35.5. The molecule has 1 unspecified atom stereocenters. The topological polar surface area (TPSA) is 37.8 Å². The van der Waals surface area contributed by atoms with Crippen LogP contribution in [-0.2, 0) is 0 Å². The second-order valence-corrected chi connectivity index (χ2v) is 4.00. The monoisotopic (exact) mass is 213 g/mol. The first-order valence-corrected chi connectivity index (χ1v) is 5.28. The van der Waals surface area contributed by atoms with Gasteiger partial charge in [-0.25, -0.2) is 9.97 Å². The minimum Gasteiger partial charge on any atom is -0.366 e. The lowest BCUT2D eigenvalue weighted by molar-refractivity contribution is 0.562. The zero-order valence-corrected chi connectivity index (χ0v) is 9.54. The maximum atomic E-state index is 5.85. The first-order chi connectivity index (χ1) is 6.63. The van der Waals surface area contributed by atoms with Gasteiger partial charge >= 0.3 is 0 Å². The van der Waals surface area contributed by atoms with Gasteiger partial charge in [-0.3, -0.25) is 0 Å². The van der Waals surface area contributed by atoms with Crippen molar-refractivity contribution in [3.8, 4) is 0 Å². The molecule has 0 aliphatic carbocycles. The Labute approximate surface area is 89.9 Å². The molecule has 1 aromatic heterocycles. The lowest BCUT2D eigenvalue weighted by Gasteiger charge is -2.20. The van der Waals surface area contributed by atoms with Gasteiger partial charge in [-0.05, 0) is 12.8 Å². The van der Waals surface area contributed by atoms with E-state index >= 15 is 0 Å². The average molecular weight is 214 g/mol. The van der Waals surface area contributed by atoms with Crippen molar-refractivity contribution in [3.05, 3.63) is 18.1 Å². The fourth-order valence-electron chi connectivity index (χ4n) is 1.11. The molecule has 3 nitrogen and oxygen atoms in total. The maximum Gasteiger partial charge on any atom is 0.129 e. The molecule has 78 valence electrons. The number of aryl methyl sites for hydroxylation is 1. The molecular formula is C10H16ClN3. The van der Waals surface area contributed by atoms with Crippen molar-refractivity contribution in [2.24, 2.45) is 5.92 Å². The fourth-order valence-corrected chi connectivity index (χ4v) is 1.54. The molecule has 0 bridgehead atoms. The van der Waals surface area contributed by atoms with Crippen LogP contribution in [0.1, 0.15) is 19.5 Å². The summed E-state index contributed by atoms with van der Waals surface area (Å²) in [6.45, 7) is 6.21. The standard InChI is InChI=1S/C10H16ClN3/c1-7(2)9(5-11)14-10-4-8(3)12-6-13-10/h4,6-7,9H,5H2,1-3H3,(H,12,13,14). The number of alkyl halides is 1. The Morgan fingerprint density at radius 3 is 2.64 bits per heavy atom. The maximum absolute atomic E-state index is 5.85. The van der Waals surface area contributed by atoms with Gasteiger partial charge in [0.2, 0.25) is 0 Å². The summed E-state index contributed by atoms with van der Waals surface area (Å²) in [6.07, 6.45) is 1.56. The molecule has 0 saturated carbocycles. The average Bonchev–Trinajstić information content (AvgIpc) is 2.14. The van der Waals surface area contributed by atoms with E-state index in [0.29, 0.717) is 11.8 Å². The molecule has 1 heterocycles. The molecule has 0 amide bonds. The molecule has 0 aliphatic heterocycles. The highest BCUT2D eigenvalue weighted by Gasteiger charge is 2.11. The van der Waals surface area contributed by atoms with Gasteiger partial charge in [-0.1, -0.05) is 13.8 Å². The highest BCUT2D eigenvalue weighted by molar-refractivity contribution is 6.18. The van der Waals surface area contributed by atoms with Crippen LogP contribution < -0.4 is 5.32 Å². The summed E-state index contributed by atoms with van der Waals surface area (Å²) >= 11 is 5.85. The van der Waals surface area contributed by atoms with E-state index in [1.807, 2.05) is 13.0 Å². The summed E-state index contributed by atoms with van der Waals surface area (Å²) in [5.41, 5.74) is 0.958. The molecule has 0 spiro atoms. The van der Waals surface area contributed by atoms with Crippen molar-refractivity contribution >= 4 is 17.4 Å². The summed E-state index contributed by atoms with van der Waals surface area (Å²) in [4.78, 5) is 8.16. The van der Waals surface area contributed by atoms with Crippen molar-refractivity contribution < 1.29 is 0 Å². The van der Waals surface area contributed by atoms with Gasteiger partial charge in [0.25, 0.3) is 0 Å².